The van der Waals surface area contributed by atoms with E-state index in [4.69, 9.17) is 21.4 Å². The van der Waals surface area contributed by atoms with Crippen molar-refractivity contribution in [3.05, 3.63) is 35.0 Å². The number of aliphatic carboxylic acids is 1. The Morgan fingerprint density at radius 1 is 1.50 bits per heavy atom. The largest absolute Gasteiger partial charge is 0.481 e. The molecule has 122 valence electrons. The minimum Gasteiger partial charge on any atom is -0.481 e. The molecule has 0 aliphatic heterocycles. The van der Waals surface area contributed by atoms with Crippen LogP contribution in [0, 0.1) is 5.92 Å². The molecule has 1 rings (SSSR count). The van der Waals surface area contributed by atoms with Crippen LogP contribution in [-0.4, -0.2) is 34.7 Å². The van der Waals surface area contributed by atoms with Crippen LogP contribution in [0.5, 0.6) is 0 Å². The van der Waals surface area contributed by atoms with Crippen molar-refractivity contribution in [2.75, 3.05) is 7.05 Å². The zero-order valence-electron chi connectivity index (χ0n) is 13.3. The molecular weight excluding hydrogens is 306 g/mol. The number of allylic oxidation sites excluding steroid dienone is 5. The molecule has 1 N–H and O–H groups in total. The van der Waals surface area contributed by atoms with Crippen molar-refractivity contribution in [1.82, 2.24) is 4.90 Å². The second-order valence-corrected chi connectivity index (χ2v) is 6.55. The second-order valence-electron chi connectivity index (χ2n) is 6.12. The molecule has 0 radical (unpaired) electrons. The Morgan fingerprint density at radius 2 is 2.14 bits per heavy atom. The maximum atomic E-state index is 12.1. The highest BCUT2D eigenvalue weighted by Crippen LogP contribution is 2.23. The first-order valence-corrected chi connectivity index (χ1v) is 7.39. The average Bonchev–Trinajstić information content (AvgIpc) is 2.37. The average molecular weight is 328 g/mol. The van der Waals surface area contributed by atoms with Crippen LogP contribution >= 0.6 is 11.6 Å². The van der Waals surface area contributed by atoms with Gasteiger partial charge in [-0.05, 0) is 33.3 Å². The number of amides is 1. The van der Waals surface area contributed by atoms with E-state index >= 15 is 0 Å². The molecular formula is C16H22ClNO4. The van der Waals surface area contributed by atoms with Crippen molar-refractivity contribution in [3.8, 4) is 0 Å². The van der Waals surface area contributed by atoms with Gasteiger partial charge in [0.15, 0.2) is 0 Å². The van der Waals surface area contributed by atoms with Crippen molar-refractivity contribution in [2.45, 2.75) is 39.2 Å². The van der Waals surface area contributed by atoms with Gasteiger partial charge in [0.2, 0.25) is 0 Å². The maximum Gasteiger partial charge on any atom is 0.414 e. The number of carboxylic acid groups (broad SMARTS) is 1. The van der Waals surface area contributed by atoms with Gasteiger partial charge in [0.05, 0.1) is 6.42 Å². The molecule has 5 nitrogen and oxygen atoms in total. The van der Waals surface area contributed by atoms with E-state index in [9.17, 15) is 9.59 Å². The van der Waals surface area contributed by atoms with E-state index in [1.165, 1.54) is 11.9 Å². The summed E-state index contributed by atoms with van der Waals surface area (Å²) in [5.41, 5.74) is -0.247. The second kappa shape index (κ2) is 7.49. The molecule has 0 fully saturated rings. The highest BCUT2D eigenvalue weighted by atomic mass is 35.5. The Kier molecular flexibility index (Phi) is 6.23. The van der Waals surface area contributed by atoms with E-state index in [1.54, 1.807) is 32.9 Å². The molecule has 1 aliphatic carbocycles. The Bertz CT molecular complexity index is 529. The van der Waals surface area contributed by atoms with Crippen molar-refractivity contribution < 1.29 is 19.4 Å². The molecule has 0 aromatic rings. The Hall–Kier alpha value is -1.75. The van der Waals surface area contributed by atoms with E-state index < -0.39 is 17.7 Å². The molecule has 1 aliphatic rings. The van der Waals surface area contributed by atoms with Gasteiger partial charge in [-0.2, -0.15) is 0 Å². The molecule has 6 heteroatoms. The lowest BCUT2D eigenvalue weighted by Gasteiger charge is -2.26. The van der Waals surface area contributed by atoms with Crippen LogP contribution in [0.15, 0.2) is 35.0 Å². The van der Waals surface area contributed by atoms with Gasteiger partial charge in [-0.3, -0.25) is 9.69 Å². The number of carboxylic acids is 1. The summed E-state index contributed by atoms with van der Waals surface area (Å²) < 4.78 is 5.27. The molecule has 0 saturated carbocycles. The molecule has 0 saturated heterocycles. The predicted octanol–water partition coefficient (Wildman–Crippen LogP) is 3.91. The lowest BCUT2D eigenvalue weighted by Crippen LogP contribution is -2.34. The minimum atomic E-state index is -1.00. The van der Waals surface area contributed by atoms with Crippen LogP contribution in [-0.2, 0) is 9.53 Å². The van der Waals surface area contributed by atoms with Crippen LogP contribution in [0.4, 0.5) is 4.79 Å². The molecule has 0 heterocycles. The lowest BCUT2D eigenvalue weighted by molar-refractivity contribution is -0.136. The zero-order valence-corrected chi connectivity index (χ0v) is 14.1. The smallest absolute Gasteiger partial charge is 0.414 e. The Balaban J connectivity index is 2.90. The fourth-order valence-corrected chi connectivity index (χ4v) is 2.04. The van der Waals surface area contributed by atoms with Gasteiger partial charge in [-0.25, -0.2) is 4.79 Å². The van der Waals surface area contributed by atoms with Crippen LogP contribution in [0.2, 0.25) is 0 Å². The van der Waals surface area contributed by atoms with E-state index in [1.807, 2.05) is 12.2 Å². The molecule has 1 amide bonds. The van der Waals surface area contributed by atoms with Crippen molar-refractivity contribution in [2.24, 2.45) is 5.92 Å². The summed E-state index contributed by atoms with van der Waals surface area (Å²) in [6.45, 7) is 5.28. The number of hydrogen-bond acceptors (Lipinski definition) is 3. The summed E-state index contributed by atoms with van der Waals surface area (Å²) in [6.07, 6.45) is 7.10. The monoisotopic (exact) mass is 327 g/mol. The Labute approximate surface area is 135 Å². The van der Waals surface area contributed by atoms with E-state index in [0.29, 0.717) is 17.2 Å². The van der Waals surface area contributed by atoms with Crippen LogP contribution in [0.1, 0.15) is 33.6 Å². The predicted molar refractivity (Wildman–Crippen MR) is 85.5 cm³/mol. The highest BCUT2D eigenvalue weighted by molar-refractivity contribution is 6.31. The van der Waals surface area contributed by atoms with E-state index in [2.05, 4.69) is 0 Å². The molecule has 0 spiro atoms. The standard InChI is InChI=1S/C16H22ClNO4/c1-16(2,3)22-15(21)18(4)13(10-14(19)20)9-11-5-7-12(17)8-6-11/h5,7-9,11H,6,10H2,1-4H3,(H,19,20)/b13-9-. The third kappa shape index (κ3) is 6.35. The fourth-order valence-electron chi connectivity index (χ4n) is 1.87. The van der Waals surface area contributed by atoms with Gasteiger partial charge in [0.25, 0.3) is 0 Å². The summed E-state index contributed by atoms with van der Waals surface area (Å²) >= 11 is 5.86. The summed E-state index contributed by atoms with van der Waals surface area (Å²) in [4.78, 5) is 24.4. The van der Waals surface area contributed by atoms with Crippen molar-refractivity contribution in [3.63, 3.8) is 0 Å². The van der Waals surface area contributed by atoms with E-state index in [0.717, 1.165) is 0 Å². The SMILES string of the molecule is CN(C(=O)OC(C)(C)C)/C(=C\C1C=CC(Cl)=CC1)CC(=O)O. The third-order valence-electron chi connectivity index (χ3n) is 2.92. The van der Waals surface area contributed by atoms with Crippen LogP contribution in [0.3, 0.4) is 0 Å². The van der Waals surface area contributed by atoms with Crippen molar-refractivity contribution >= 4 is 23.7 Å². The number of hydrogen-bond donors (Lipinski definition) is 1. The van der Waals surface area contributed by atoms with Gasteiger partial charge < -0.3 is 9.84 Å². The molecule has 1 unspecified atom stereocenters. The molecule has 1 atom stereocenters. The van der Waals surface area contributed by atoms with Gasteiger partial charge in [-0.1, -0.05) is 29.8 Å². The summed E-state index contributed by atoms with van der Waals surface area (Å²) in [5.74, 6) is -1.00. The molecule has 22 heavy (non-hydrogen) atoms. The quantitative estimate of drug-likeness (QED) is 0.850. The highest BCUT2D eigenvalue weighted by Gasteiger charge is 2.23. The first kappa shape index (κ1) is 18.3. The number of carbonyl (C=O) groups excluding carboxylic acids is 1. The summed E-state index contributed by atoms with van der Waals surface area (Å²) in [5, 5.41) is 9.71. The molecule has 0 aromatic heterocycles. The number of ether oxygens (including phenoxy) is 1. The first-order chi connectivity index (χ1) is 10.1. The zero-order chi connectivity index (χ0) is 16.9. The lowest BCUT2D eigenvalue weighted by atomic mass is 9.98. The molecule has 0 bridgehead atoms. The van der Waals surface area contributed by atoms with Gasteiger partial charge in [-0.15, -0.1) is 0 Å². The number of nitrogens with zero attached hydrogens (tertiary/aromatic N) is 1. The Morgan fingerprint density at radius 3 is 2.59 bits per heavy atom. The number of rotatable bonds is 4. The number of carbonyl (C=O) groups is 2. The van der Waals surface area contributed by atoms with Crippen molar-refractivity contribution in [1.29, 1.82) is 0 Å². The van der Waals surface area contributed by atoms with Crippen LogP contribution in [0.25, 0.3) is 0 Å². The summed E-state index contributed by atoms with van der Waals surface area (Å²) in [7, 11) is 1.51. The number of halogens is 1. The first-order valence-electron chi connectivity index (χ1n) is 7.01. The third-order valence-corrected chi connectivity index (χ3v) is 3.20. The maximum absolute atomic E-state index is 12.1. The topological polar surface area (TPSA) is 66.8 Å². The fraction of sp³-hybridized carbons (Fsp3) is 0.500. The minimum absolute atomic E-state index is 0.00161. The van der Waals surface area contributed by atoms with Gasteiger partial charge in [0.1, 0.15) is 5.60 Å². The van der Waals surface area contributed by atoms with Crippen LogP contribution < -0.4 is 0 Å². The van der Waals surface area contributed by atoms with Gasteiger partial charge in [0, 0.05) is 23.7 Å². The molecule has 0 aromatic carbocycles. The van der Waals surface area contributed by atoms with Gasteiger partial charge >= 0.3 is 12.1 Å². The summed E-state index contributed by atoms with van der Waals surface area (Å²) in [6, 6.07) is 0. The normalized spacial score (nSPS) is 18.7. The van der Waals surface area contributed by atoms with E-state index in [-0.39, 0.29) is 12.3 Å².